The van der Waals surface area contributed by atoms with Gasteiger partial charge in [0.25, 0.3) is 0 Å². The quantitative estimate of drug-likeness (QED) is 0.643. The highest BCUT2D eigenvalue weighted by Crippen LogP contribution is 2.23. The summed E-state index contributed by atoms with van der Waals surface area (Å²) in [7, 11) is 2.22. The molecule has 0 saturated heterocycles. The third-order valence-electron chi connectivity index (χ3n) is 3.92. The van der Waals surface area contributed by atoms with Gasteiger partial charge in [-0.25, -0.2) is 0 Å². The number of rotatable bonds is 8. The topological polar surface area (TPSA) is 3.24 Å². The first-order chi connectivity index (χ1) is 10.8. The molecular weight excluding hydrogens is 266 g/mol. The summed E-state index contributed by atoms with van der Waals surface area (Å²) in [5, 5.41) is 0. The zero-order valence-corrected chi connectivity index (χ0v) is 13.8. The van der Waals surface area contributed by atoms with Crippen molar-refractivity contribution in [2.45, 2.75) is 26.2 Å². The molecule has 0 saturated carbocycles. The third-order valence-corrected chi connectivity index (χ3v) is 3.92. The molecule has 2 aromatic carbocycles. The van der Waals surface area contributed by atoms with Crippen LogP contribution in [-0.4, -0.2) is 25.0 Å². The fourth-order valence-electron chi connectivity index (χ4n) is 2.61. The number of nitrogens with zero attached hydrogens (tertiary/aromatic N) is 1. The summed E-state index contributed by atoms with van der Waals surface area (Å²) < 4.78 is 0. The summed E-state index contributed by atoms with van der Waals surface area (Å²) in [4.78, 5) is 2.42. The Morgan fingerprint density at radius 2 is 1.41 bits per heavy atom. The van der Waals surface area contributed by atoms with Gasteiger partial charge in [-0.15, -0.1) is 0 Å². The largest absolute Gasteiger partial charge is 0.306 e. The molecule has 0 fully saturated rings. The van der Waals surface area contributed by atoms with Crippen molar-refractivity contribution >= 4 is 5.57 Å². The van der Waals surface area contributed by atoms with Crippen LogP contribution in [0.5, 0.6) is 0 Å². The Hall–Kier alpha value is -1.86. The fraction of sp³-hybridized carbons (Fsp3) is 0.333. The summed E-state index contributed by atoms with van der Waals surface area (Å²) >= 11 is 0. The van der Waals surface area contributed by atoms with Crippen LogP contribution < -0.4 is 0 Å². The van der Waals surface area contributed by atoms with Gasteiger partial charge in [0.05, 0.1) is 0 Å². The molecule has 0 unspecified atom stereocenters. The first-order valence-electron chi connectivity index (χ1n) is 8.31. The normalized spacial score (nSPS) is 10.7. The Morgan fingerprint density at radius 3 is 1.91 bits per heavy atom. The van der Waals surface area contributed by atoms with Gasteiger partial charge in [-0.3, -0.25) is 0 Å². The van der Waals surface area contributed by atoms with Gasteiger partial charge in [0.2, 0.25) is 0 Å². The lowest BCUT2D eigenvalue weighted by Gasteiger charge is -2.15. The highest BCUT2D eigenvalue weighted by atomic mass is 15.1. The molecule has 0 spiro atoms. The van der Waals surface area contributed by atoms with E-state index in [1.165, 1.54) is 36.1 Å². The lowest BCUT2D eigenvalue weighted by atomic mass is 9.97. The molecule has 0 aliphatic carbocycles. The zero-order valence-electron chi connectivity index (χ0n) is 13.8. The third kappa shape index (κ3) is 5.16. The maximum Gasteiger partial charge on any atom is 0.00132 e. The Kier molecular flexibility index (Phi) is 6.92. The van der Waals surface area contributed by atoms with E-state index in [0.29, 0.717) is 0 Å². The van der Waals surface area contributed by atoms with Gasteiger partial charge in [0.1, 0.15) is 0 Å². The van der Waals surface area contributed by atoms with E-state index in [4.69, 9.17) is 0 Å². The highest BCUT2D eigenvalue weighted by Gasteiger charge is 2.04. The van der Waals surface area contributed by atoms with Gasteiger partial charge < -0.3 is 4.90 Å². The minimum absolute atomic E-state index is 1.08. The second kappa shape index (κ2) is 9.22. The van der Waals surface area contributed by atoms with Crippen LogP contribution in [0.4, 0.5) is 0 Å². The zero-order chi connectivity index (χ0) is 15.6. The molecule has 116 valence electrons. The first kappa shape index (κ1) is 16.5. The van der Waals surface area contributed by atoms with Crippen LogP contribution in [-0.2, 0) is 0 Å². The number of hydrogen-bond donors (Lipinski definition) is 0. The van der Waals surface area contributed by atoms with Gasteiger partial charge in [0.15, 0.2) is 0 Å². The van der Waals surface area contributed by atoms with E-state index in [1.54, 1.807) is 0 Å². The molecule has 22 heavy (non-hydrogen) atoms. The van der Waals surface area contributed by atoms with Crippen molar-refractivity contribution in [2.24, 2.45) is 0 Å². The fourth-order valence-corrected chi connectivity index (χ4v) is 2.61. The monoisotopic (exact) mass is 293 g/mol. The van der Waals surface area contributed by atoms with Gasteiger partial charge in [0, 0.05) is 6.54 Å². The molecule has 0 bridgehead atoms. The smallest absolute Gasteiger partial charge is 0.00132 e. The van der Waals surface area contributed by atoms with Crippen LogP contribution in [0.15, 0.2) is 66.7 Å². The Morgan fingerprint density at radius 1 is 0.864 bits per heavy atom. The van der Waals surface area contributed by atoms with Crippen molar-refractivity contribution in [1.29, 1.82) is 0 Å². The number of benzene rings is 2. The summed E-state index contributed by atoms with van der Waals surface area (Å²) in [6.45, 7) is 4.55. The number of unbranched alkanes of at least 4 members (excludes halogenated alkanes) is 1. The molecule has 0 aliphatic heterocycles. The van der Waals surface area contributed by atoms with E-state index in [0.717, 1.165) is 13.0 Å². The first-order valence-corrected chi connectivity index (χ1v) is 8.31. The molecule has 0 N–H and O–H groups in total. The van der Waals surface area contributed by atoms with Crippen LogP contribution >= 0.6 is 0 Å². The van der Waals surface area contributed by atoms with E-state index in [1.807, 2.05) is 0 Å². The minimum Gasteiger partial charge on any atom is -0.306 e. The molecular formula is C21H27N. The molecule has 2 aromatic rings. The minimum atomic E-state index is 1.08. The van der Waals surface area contributed by atoms with Crippen molar-refractivity contribution < 1.29 is 0 Å². The van der Waals surface area contributed by atoms with E-state index in [-0.39, 0.29) is 0 Å². The summed E-state index contributed by atoms with van der Waals surface area (Å²) in [6.07, 6.45) is 6.01. The lowest BCUT2D eigenvalue weighted by Crippen LogP contribution is -2.20. The molecule has 1 heteroatoms. The van der Waals surface area contributed by atoms with Crippen molar-refractivity contribution in [2.75, 3.05) is 20.1 Å². The van der Waals surface area contributed by atoms with Crippen LogP contribution in [0.1, 0.15) is 37.3 Å². The van der Waals surface area contributed by atoms with E-state index >= 15 is 0 Å². The van der Waals surface area contributed by atoms with E-state index in [9.17, 15) is 0 Å². The molecule has 0 amide bonds. The van der Waals surface area contributed by atoms with Crippen LogP contribution in [0.25, 0.3) is 5.57 Å². The van der Waals surface area contributed by atoms with Gasteiger partial charge in [-0.2, -0.15) is 0 Å². The predicted molar refractivity (Wildman–Crippen MR) is 97.0 cm³/mol. The maximum atomic E-state index is 2.42. The van der Waals surface area contributed by atoms with E-state index in [2.05, 4.69) is 85.6 Å². The lowest BCUT2D eigenvalue weighted by molar-refractivity contribution is 0.334. The molecule has 1 nitrogen and oxygen atoms in total. The molecule has 0 heterocycles. The highest BCUT2D eigenvalue weighted by molar-refractivity contribution is 5.79. The Bertz CT molecular complexity index is 515. The number of hydrogen-bond acceptors (Lipinski definition) is 1. The van der Waals surface area contributed by atoms with Crippen LogP contribution in [0.3, 0.4) is 0 Å². The van der Waals surface area contributed by atoms with Crippen LogP contribution in [0, 0.1) is 0 Å². The SMILES string of the molecule is CCCCN(C)CCC=C(c1ccccc1)c1ccccc1. The molecule has 0 aromatic heterocycles. The average Bonchev–Trinajstić information content (AvgIpc) is 2.58. The molecule has 0 radical (unpaired) electrons. The standard InChI is InChI=1S/C21H27N/c1-3-4-17-22(2)18-11-16-21(19-12-7-5-8-13-19)20-14-9-6-10-15-20/h5-10,12-16H,3-4,11,17-18H2,1-2H3. The molecule has 0 atom stereocenters. The molecule has 0 aliphatic rings. The van der Waals surface area contributed by atoms with Crippen molar-refractivity contribution in [3.05, 3.63) is 77.9 Å². The van der Waals surface area contributed by atoms with Gasteiger partial charge in [-0.1, -0.05) is 80.1 Å². The van der Waals surface area contributed by atoms with Gasteiger partial charge >= 0.3 is 0 Å². The predicted octanol–water partition coefficient (Wildman–Crippen LogP) is 5.24. The Labute approximate surface area is 135 Å². The summed E-state index contributed by atoms with van der Waals surface area (Å²) in [5.41, 5.74) is 3.93. The van der Waals surface area contributed by atoms with Crippen LogP contribution in [0.2, 0.25) is 0 Å². The second-order valence-electron chi connectivity index (χ2n) is 5.80. The second-order valence-corrected chi connectivity index (χ2v) is 5.80. The molecule has 2 rings (SSSR count). The summed E-state index contributed by atoms with van der Waals surface area (Å²) in [5.74, 6) is 0. The Balaban J connectivity index is 2.10. The van der Waals surface area contributed by atoms with Crippen molar-refractivity contribution in [3.8, 4) is 0 Å². The summed E-state index contributed by atoms with van der Waals surface area (Å²) in [6, 6.07) is 21.4. The van der Waals surface area contributed by atoms with E-state index < -0.39 is 0 Å². The maximum absolute atomic E-state index is 2.42. The average molecular weight is 293 g/mol. The van der Waals surface area contributed by atoms with Crippen molar-refractivity contribution in [1.82, 2.24) is 4.90 Å². The van der Waals surface area contributed by atoms with Crippen molar-refractivity contribution in [3.63, 3.8) is 0 Å². The van der Waals surface area contributed by atoms with Gasteiger partial charge in [-0.05, 0) is 43.1 Å².